The summed E-state index contributed by atoms with van der Waals surface area (Å²) in [6.07, 6.45) is 4.93. The number of nitrogens with two attached hydrogens (primary N) is 1. The highest BCUT2D eigenvalue weighted by Crippen LogP contribution is 2.39. The maximum absolute atomic E-state index is 12.9. The number of hydrogen-bond donors (Lipinski definition) is 1. The van der Waals surface area contributed by atoms with E-state index in [1.165, 1.54) is 15.5 Å². The van der Waals surface area contributed by atoms with Gasteiger partial charge < -0.3 is 34.0 Å². The van der Waals surface area contributed by atoms with E-state index in [0.717, 1.165) is 16.5 Å². The summed E-state index contributed by atoms with van der Waals surface area (Å²) in [5, 5.41) is 0.810. The third kappa shape index (κ3) is 11.0. The summed E-state index contributed by atoms with van der Waals surface area (Å²) in [5.41, 5.74) is 8.32. The fourth-order valence-corrected chi connectivity index (χ4v) is 5.51. The third-order valence-corrected chi connectivity index (χ3v) is 7.62. The normalized spacial score (nSPS) is 11.2. The Hall–Kier alpha value is -3.20. The van der Waals surface area contributed by atoms with Gasteiger partial charge in [-0.2, -0.15) is 0 Å². The van der Waals surface area contributed by atoms with Crippen LogP contribution in [0, 0.1) is 0 Å². The van der Waals surface area contributed by atoms with Crippen molar-refractivity contribution in [3.05, 3.63) is 71.3 Å². The Balaban J connectivity index is 0.00000177. The summed E-state index contributed by atoms with van der Waals surface area (Å²) in [5.74, 6) is 1.38. The molecule has 0 radical (unpaired) electrons. The topological polar surface area (TPSA) is 116 Å². The van der Waals surface area contributed by atoms with Crippen molar-refractivity contribution in [2.24, 2.45) is 7.05 Å². The average Bonchev–Trinajstić information content (AvgIpc) is 3.42. The van der Waals surface area contributed by atoms with Crippen LogP contribution < -0.4 is 20.8 Å². The second-order valence-corrected chi connectivity index (χ2v) is 12.8. The molecule has 0 atom stereocenters. The van der Waals surface area contributed by atoms with Crippen LogP contribution in [-0.4, -0.2) is 53.1 Å². The molecule has 2 N–H and O–H groups in total. The molecule has 0 unspecified atom stereocenters. The van der Waals surface area contributed by atoms with E-state index in [0.29, 0.717) is 48.3 Å². The summed E-state index contributed by atoms with van der Waals surface area (Å²) in [7, 11) is 3.16. The zero-order valence-corrected chi connectivity index (χ0v) is 29.6. The highest BCUT2D eigenvalue weighted by Gasteiger charge is 2.18. The summed E-state index contributed by atoms with van der Waals surface area (Å²) >= 11 is 2.15. The molecule has 0 saturated carbocycles. The Morgan fingerprint density at radius 1 is 0.956 bits per heavy atom. The van der Waals surface area contributed by atoms with Crippen LogP contribution in [0.1, 0.15) is 41.0 Å². The van der Waals surface area contributed by atoms with Crippen LogP contribution in [0.25, 0.3) is 22.0 Å². The van der Waals surface area contributed by atoms with E-state index < -0.39 is 11.6 Å². The number of carbonyl (C=O) groups is 1. The first-order valence-electron chi connectivity index (χ1n) is 14.6. The summed E-state index contributed by atoms with van der Waals surface area (Å²) in [4.78, 5) is 24.5. The second kappa shape index (κ2) is 17.5. The summed E-state index contributed by atoms with van der Waals surface area (Å²) in [6, 6.07) is 14.7. The first kappa shape index (κ1) is 36.3. The van der Waals surface area contributed by atoms with E-state index in [2.05, 4.69) is 35.1 Å². The molecule has 0 aliphatic heterocycles. The van der Waals surface area contributed by atoms with Gasteiger partial charge >= 0.3 is 5.97 Å². The number of esters is 1. The summed E-state index contributed by atoms with van der Waals surface area (Å²) in [6.45, 7) is 10.8. The minimum Gasteiger partial charge on any atom is -0.491 e. The van der Waals surface area contributed by atoms with E-state index in [-0.39, 0.29) is 18.8 Å². The number of pyridine rings is 1. The molecule has 2 aromatic heterocycles. The molecule has 2 aromatic carbocycles. The number of halogens is 1. The first-order chi connectivity index (χ1) is 21.5. The van der Waals surface area contributed by atoms with Crippen LogP contribution >= 0.6 is 30.3 Å². The standard InChI is InChI=1S/C30H34IN3O7S.C3H8/c1-30(2,3)41-27(35)19-38-13-12-37-14-15-39-21-6-5-7-22(17-21)40-26-9-8-20(32)16-24(26)25-18-33(4)29(36)28-23(25)10-11-34(28)42-31;1-3-2/h5-11,16-18H,12-15,19,32H2,1-4H3;3H2,1-2H3. The molecule has 12 heteroatoms. The molecule has 244 valence electrons. The Kier molecular flexibility index (Phi) is 14.1. The number of rotatable bonds is 13. The van der Waals surface area contributed by atoms with E-state index in [4.69, 9.17) is 29.4 Å². The summed E-state index contributed by atoms with van der Waals surface area (Å²) < 4.78 is 31.6. The molecule has 0 aliphatic rings. The smallest absolute Gasteiger partial charge is 0.332 e. The number of fused-ring (bicyclic) bond motifs is 1. The van der Waals surface area contributed by atoms with Gasteiger partial charge in [-0.3, -0.25) is 8.77 Å². The maximum atomic E-state index is 12.9. The monoisotopic (exact) mass is 751 g/mol. The molecule has 0 amide bonds. The van der Waals surface area contributed by atoms with Crippen LogP contribution in [0.15, 0.2) is 65.7 Å². The maximum Gasteiger partial charge on any atom is 0.332 e. The number of nitrogen functional groups attached to an aromatic ring is 1. The van der Waals surface area contributed by atoms with Gasteiger partial charge in [0.25, 0.3) is 5.56 Å². The van der Waals surface area contributed by atoms with Gasteiger partial charge in [-0.05, 0) is 57.2 Å². The Morgan fingerprint density at radius 2 is 1.64 bits per heavy atom. The number of nitrogens with zero attached hydrogens (tertiary/aromatic N) is 2. The molecular formula is C33H42IN3O7S. The van der Waals surface area contributed by atoms with Crippen molar-refractivity contribution in [3.63, 3.8) is 0 Å². The van der Waals surface area contributed by atoms with Crippen molar-refractivity contribution in [2.75, 3.05) is 38.8 Å². The predicted molar refractivity (Wildman–Crippen MR) is 189 cm³/mol. The number of hydrogen-bond acceptors (Lipinski definition) is 9. The van der Waals surface area contributed by atoms with Gasteiger partial charge in [0.05, 0.1) is 19.8 Å². The van der Waals surface area contributed by atoms with E-state index in [1.54, 1.807) is 29.9 Å². The number of benzene rings is 2. The lowest BCUT2D eigenvalue weighted by Crippen LogP contribution is -2.27. The number of carbonyl (C=O) groups excluding carboxylic acids is 1. The quantitative estimate of drug-likeness (QED) is 0.0646. The molecule has 0 bridgehead atoms. The average molecular weight is 752 g/mol. The number of aromatic nitrogens is 2. The largest absolute Gasteiger partial charge is 0.491 e. The minimum absolute atomic E-state index is 0.0866. The molecule has 2 heterocycles. The van der Waals surface area contributed by atoms with Gasteiger partial charge in [0.2, 0.25) is 0 Å². The van der Waals surface area contributed by atoms with E-state index >= 15 is 0 Å². The predicted octanol–water partition coefficient (Wildman–Crippen LogP) is 7.40. The highest BCUT2D eigenvalue weighted by molar-refractivity contribution is 14.2. The number of ether oxygens (including phenoxy) is 5. The second-order valence-electron chi connectivity index (χ2n) is 11.1. The Labute approximate surface area is 280 Å². The molecule has 4 aromatic rings. The zero-order valence-electron chi connectivity index (χ0n) is 26.6. The van der Waals surface area contributed by atoms with Crippen molar-refractivity contribution < 1.29 is 28.5 Å². The lowest BCUT2D eigenvalue weighted by Gasteiger charge is -2.19. The van der Waals surface area contributed by atoms with E-state index in [1.807, 2.05) is 67.3 Å². The van der Waals surface area contributed by atoms with Gasteiger partial charge in [0, 0.05) is 78.0 Å². The fourth-order valence-electron chi connectivity index (χ4n) is 4.17. The van der Waals surface area contributed by atoms with Gasteiger partial charge in [-0.15, -0.1) is 0 Å². The third-order valence-electron chi connectivity index (χ3n) is 5.90. The van der Waals surface area contributed by atoms with Gasteiger partial charge in [-0.1, -0.05) is 26.3 Å². The number of aryl methyl sites for hydroxylation is 1. The van der Waals surface area contributed by atoms with Gasteiger partial charge in [0.15, 0.2) is 0 Å². The lowest BCUT2D eigenvalue weighted by molar-refractivity contribution is -0.160. The highest BCUT2D eigenvalue weighted by atomic mass is 127. The van der Waals surface area contributed by atoms with Crippen LogP contribution in [0.4, 0.5) is 5.69 Å². The Morgan fingerprint density at radius 3 is 2.36 bits per heavy atom. The molecule has 0 fully saturated rings. The molecule has 4 rings (SSSR count). The molecule has 45 heavy (non-hydrogen) atoms. The first-order valence-corrected chi connectivity index (χ1v) is 18.0. The fraction of sp³-hybridized carbons (Fsp3) is 0.394. The lowest BCUT2D eigenvalue weighted by atomic mass is 10.0. The Bertz CT molecular complexity index is 1610. The van der Waals surface area contributed by atoms with Gasteiger partial charge in [0.1, 0.15) is 41.6 Å². The zero-order chi connectivity index (χ0) is 33.0. The molecule has 0 aliphatic carbocycles. The van der Waals surface area contributed by atoms with Crippen molar-refractivity contribution >= 4 is 52.9 Å². The van der Waals surface area contributed by atoms with Crippen molar-refractivity contribution in [1.29, 1.82) is 0 Å². The van der Waals surface area contributed by atoms with Crippen LogP contribution in [0.3, 0.4) is 0 Å². The minimum atomic E-state index is -0.537. The van der Waals surface area contributed by atoms with Crippen LogP contribution in [0.2, 0.25) is 0 Å². The van der Waals surface area contributed by atoms with Crippen molar-refractivity contribution in [1.82, 2.24) is 8.54 Å². The molecule has 0 saturated heterocycles. The molecule has 0 spiro atoms. The van der Waals surface area contributed by atoms with Crippen molar-refractivity contribution in [2.45, 2.75) is 46.6 Å². The van der Waals surface area contributed by atoms with E-state index in [9.17, 15) is 9.59 Å². The molecular weight excluding hydrogens is 709 g/mol. The van der Waals surface area contributed by atoms with Gasteiger partial charge in [-0.25, -0.2) is 4.79 Å². The number of anilines is 1. The van der Waals surface area contributed by atoms with Crippen LogP contribution in [-0.2, 0) is 26.1 Å². The van der Waals surface area contributed by atoms with Crippen molar-refractivity contribution in [3.8, 4) is 28.4 Å². The SMILES string of the molecule is CCC.Cn1cc(-c2cc(N)ccc2Oc2cccc(OCCOCCOCC(=O)OC(C)(C)C)c2)c2ccn(SI)c2c1=O. The van der Waals surface area contributed by atoms with Crippen LogP contribution in [0.5, 0.6) is 17.2 Å². The molecule has 10 nitrogen and oxygen atoms in total.